The molecule has 138 valence electrons. The number of nitrogens with zero attached hydrogens (tertiary/aromatic N) is 1. The summed E-state index contributed by atoms with van der Waals surface area (Å²) in [6, 6.07) is 9.64. The first kappa shape index (κ1) is 19.2. The highest BCUT2D eigenvalue weighted by molar-refractivity contribution is 5.87. The Bertz CT molecular complexity index is 750. The Morgan fingerprint density at radius 2 is 1.58 bits per heavy atom. The molecule has 0 unspecified atom stereocenters. The Morgan fingerprint density at radius 1 is 1.00 bits per heavy atom. The minimum absolute atomic E-state index is 0.213. The van der Waals surface area contributed by atoms with Crippen LogP contribution in [-0.2, 0) is 13.1 Å². The van der Waals surface area contributed by atoms with Crippen molar-refractivity contribution in [3.8, 4) is 5.88 Å². The molecular weight excluding hydrogens is 334 g/mol. The van der Waals surface area contributed by atoms with E-state index in [9.17, 15) is 9.59 Å². The van der Waals surface area contributed by atoms with Gasteiger partial charge in [-0.05, 0) is 44.0 Å². The first-order valence-electron chi connectivity index (χ1n) is 8.21. The largest absolute Gasteiger partial charge is 0.478 e. The molecule has 1 aromatic heterocycles. The van der Waals surface area contributed by atoms with Crippen LogP contribution >= 0.6 is 0 Å². The van der Waals surface area contributed by atoms with Crippen LogP contribution in [0.5, 0.6) is 5.88 Å². The van der Waals surface area contributed by atoms with Crippen LogP contribution in [0.25, 0.3) is 0 Å². The highest BCUT2D eigenvalue weighted by atomic mass is 16.5. The number of benzene rings is 1. The third-order valence-electron chi connectivity index (χ3n) is 3.32. The molecule has 0 bridgehead atoms. The molecule has 0 aliphatic rings. The van der Waals surface area contributed by atoms with Gasteiger partial charge in [0, 0.05) is 25.4 Å². The zero-order valence-corrected chi connectivity index (χ0v) is 15.1. The molecule has 3 N–H and O–H groups in total. The number of rotatable bonds is 6. The normalized spacial score (nSPS) is 10.9. The van der Waals surface area contributed by atoms with Gasteiger partial charge in [-0.15, -0.1) is 0 Å². The summed E-state index contributed by atoms with van der Waals surface area (Å²) in [6.45, 7) is 6.49. The number of carbonyl (C=O) groups is 2. The van der Waals surface area contributed by atoms with E-state index in [1.54, 1.807) is 24.4 Å². The molecule has 2 rings (SSSR count). The van der Waals surface area contributed by atoms with Gasteiger partial charge in [-0.2, -0.15) is 0 Å². The van der Waals surface area contributed by atoms with Gasteiger partial charge in [-0.3, -0.25) is 0 Å². The zero-order valence-electron chi connectivity index (χ0n) is 15.1. The topological polar surface area (TPSA) is 101 Å². The molecule has 0 saturated heterocycles. The number of hydrogen-bond donors (Lipinski definition) is 3. The van der Waals surface area contributed by atoms with Crippen LogP contribution in [0.3, 0.4) is 0 Å². The van der Waals surface area contributed by atoms with E-state index in [1.165, 1.54) is 12.1 Å². The first-order valence-corrected chi connectivity index (χ1v) is 8.21. The summed E-state index contributed by atoms with van der Waals surface area (Å²) in [5.74, 6) is -0.440. The molecule has 26 heavy (non-hydrogen) atoms. The first-order chi connectivity index (χ1) is 12.2. The van der Waals surface area contributed by atoms with E-state index >= 15 is 0 Å². The molecule has 7 nitrogen and oxygen atoms in total. The lowest BCUT2D eigenvalue weighted by atomic mass is 10.1. The molecule has 0 aliphatic heterocycles. The number of ether oxygens (including phenoxy) is 1. The SMILES string of the molecule is CC(C)(C)Oc1ccc(CNC(=O)NCc2ccc(C(=O)O)cc2)cn1. The summed E-state index contributed by atoms with van der Waals surface area (Å²) >= 11 is 0. The summed E-state index contributed by atoms with van der Waals surface area (Å²) in [7, 11) is 0. The second-order valence-corrected chi connectivity index (χ2v) is 6.76. The molecule has 0 aliphatic carbocycles. The summed E-state index contributed by atoms with van der Waals surface area (Å²) in [4.78, 5) is 26.9. The van der Waals surface area contributed by atoms with E-state index < -0.39 is 5.97 Å². The average Bonchev–Trinajstić information content (AvgIpc) is 2.58. The maximum Gasteiger partial charge on any atom is 0.335 e. The number of nitrogens with one attached hydrogen (secondary N) is 2. The number of carboxylic acids is 1. The van der Waals surface area contributed by atoms with Crippen molar-refractivity contribution in [2.45, 2.75) is 39.5 Å². The van der Waals surface area contributed by atoms with Crippen LogP contribution in [0.4, 0.5) is 4.79 Å². The van der Waals surface area contributed by atoms with Crippen molar-refractivity contribution in [1.29, 1.82) is 0 Å². The van der Waals surface area contributed by atoms with Crippen molar-refractivity contribution in [3.05, 3.63) is 59.3 Å². The molecule has 0 fully saturated rings. The standard InChI is InChI=1S/C19H23N3O4/c1-19(2,3)26-16-9-6-14(11-20-16)12-22-18(25)21-10-13-4-7-15(8-5-13)17(23)24/h4-9,11H,10,12H2,1-3H3,(H,23,24)(H2,21,22,25). The maximum absolute atomic E-state index is 11.9. The molecule has 0 saturated carbocycles. The molecule has 1 heterocycles. The summed E-state index contributed by atoms with van der Waals surface area (Å²) in [5, 5.41) is 14.3. The van der Waals surface area contributed by atoms with Gasteiger partial charge in [-0.1, -0.05) is 18.2 Å². The van der Waals surface area contributed by atoms with Gasteiger partial charge >= 0.3 is 12.0 Å². The molecule has 2 amide bonds. The number of amides is 2. The van der Waals surface area contributed by atoms with Crippen LogP contribution in [0, 0.1) is 0 Å². The lowest BCUT2D eigenvalue weighted by molar-refractivity contribution is 0.0696. The molecular formula is C19H23N3O4. The van der Waals surface area contributed by atoms with Crippen molar-refractivity contribution >= 4 is 12.0 Å². The second kappa shape index (κ2) is 8.33. The number of pyridine rings is 1. The fourth-order valence-corrected chi connectivity index (χ4v) is 2.08. The molecule has 0 atom stereocenters. The lowest BCUT2D eigenvalue weighted by Gasteiger charge is -2.20. The summed E-state index contributed by atoms with van der Waals surface area (Å²) < 4.78 is 5.65. The number of carboxylic acid groups (broad SMARTS) is 1. The Morgan fingerprint density at radius 3 is 2.08 bits per heavy atom. The third-order valence-corrected chi connectivity index (χ3v) is 3.32. The van der Waals surface area contributed by atoms with E-state index in [0.717, 1.165) is 11.1 Å². The number of urea groups is 1. The van der Waals surface area contributed by atoms with E-state index in [-0.39, 0.29) is 17.2 Å². The number of aromatic carboxylic acids is 1. The van der Waals surface area contributed by atoms with Gasteiger partial charge in [0.05, 0.1) is 5.56 Å². The highest BCUT2D eigenvalue weighted by Crippen LogP contribution is 2.15. The Hall–Kier alpha value is -3.09. The van der Waals surface area contributed by atoms with Gasteiger partial charge in [0.25, 0.3) is 0 Å². The predicted molar refractivity (Wildman–Crippen MR) is 97.1 cm³/mol. The number of aromatic nitrogens is 1. The van der Waals surface area contributed by atoms with Crippen molar-refractivity contribution < 1.29 is 19.4 Å². The van der Waals surface area contributed by atoms with Crippen LogP contribution < -0.4 is 15.4 Å². The minimum atomic E-state index is -0.977. The Kier molecular flexibility index (Phi) is 6.16. The van der Waals surface area contributed by atoms with Crippen LogP contribution in [-0.4, -0.2) is 27.7 Å². The predicted octanol–water partition coefficient (Wildman–Crippen LogP) is 2.96. The van der Waals surface area contributed by atoms with Crippen molar-refractivity contribution in [1.82, 2.24) is 15.6 Å². The quantitative estimate of drug-likeness (QED) is 0.738. The van der Waals surface area contributed by atoms with E-state index in [1.807, 2.05) is 26.8 Å². The monoisotopic (exact) mass is 357 g/mol. The van der Waals surface area contributed by atoms with Crippen LogP contribution in [0.15, 0.2) is 42.6 Å². The van der Waals surface area contributed by atoms with Gasteiger partial charge in [0.2, 0.25) is 5.88 Å². The fourth-order valence-electron chi connectivity index (χ4n) is 2.08. The third kappa shape index (κ3) is 6.43. The summed E-state index contributed by atoms with van der Waals surface area (Å²) in [5.41, 5.74) is 1.57. The second-order valence-electron chi connectivity index (χ2n) is 6.76. The van der Waals surface area contributed by atoms with E-state index in [4.69, 9.17) is 9.84 Å². The molecule has 0 radical (unpaired) electrons. The minimum Gasteiger partial charge on any atom is -0.478 e. The lowest BCUT2D eigenvalue weighted by Crippen LogP contribution is -2.34. The zero-order chi connectivity index (χ0) is 19.2. The molecule has 7 heteroatoms. The van der Waals surface area contributed by atoms with Crippen molar-refractivity contribution in [2.24, 2.45) is 0 Å². The van der Waals surface area contributed by atoms with Crippen LogP contribution in [0.2, 0.25) is 0 Å². The van der Waals surface area contributed by atoms with Gasteiger partial charge in [-0.25, -0.2) is 14.6 Å². The number of hydrogen-bond acceptors (Lipinski definition) is 4. The average molecular weight is 357 g/mol. The fraction of sp³-hybridized carbons (Fsp3) is 0.316. The van der Waals surface area contributed by atoms with Gasteiger partial charge in [0.1, 0.15) is 5.60 Å². The maximum atomic E-state index is 11.9. The van der Waals surface area contributed by atoms with E-state index in [2.05, 4.69) is 15.6 Å². The van der Waals surface area contributed by atoms with Crippen LogP contribution in [0.1, 0.15) is 42.3 Å². The summed E-state index contributed by atoms with van der Waals surface area (Å²) in [6.07, 6.45) is 1.66. The highest BCUT2D eigenvalue weighted by Gasteiger charge is 2.12. The van der Waals surface area contributed by atoms with Gasteiger partial charge < -0.3 is 20.5 Å². The molecule has 2 aromatic rings. The van der Waals surface area contributed by atoms with Crippen molar-refractivity contribution in [3.63, 3.8) is 0 Å². The Labute approximate surface area is 152 Å². The number of carbonyl (C=O) groups excluding carboxylic acids is 1. The molecule has 0 spiro atoms. The van der Waals surface area contributed by atoms with Crippen molar-refractivity contribution in [2.75, 3.05) is 0 Å². The Balaban J connectivity index is 1.77. The van der Waals surface area contributed by atoms with Gasteiger partial charge in [0.15, 0.2) is 0 Å². The van der Waals surface area contributed by atoms with E-state index in [0.29, 0.717) is 19.0 Å². The molecule has 1 aromatic carbocycles. The smallest absolute Gasteiger partial charge is 0.335 e.